The Balaban J connectivity index is 2.02. The minimum absolute atomic E-state index is 0.214. The van der Waals surface area contributed by atoms with E-state index < -0.39 is 5.97 Å². The second kappa shape index (κ2) is 6.04. The number of ether oxygens (including phenoxy) is 1. The predicted octanol–water partition coefficient (Wildman–Crippen LogP) is 1.88. The molecule has 0 radical (unpaired) electrons. The van der Waals surface area contributed by atoms with E-state index in [1.165, 1.54) is 5.56 Å². The summed E-state index contributed by atoms with van der Waals surface area (Å²) in [5, 5.41) is 4.12. The number of nitrogen functional groups attached to an aromatic ring is 1. The highest BCUT2D eigenvalue weighted by molar-refractivity contribution is 5.93. The molecule has 2 rings (SSSR count). The number of aryl methyl sites for hydroxylation is 2. The van der Waals surface area contributed by atoms with Gasteiger partial charge in [0, 0.05) is 12.7 Å². The van der Waals surface area contributed by atoms with Crippen LogP contribution in [0.2, 0.25) is 0 Å². The Morgan fingerprint density at radius 3 is 2.79 bits per heavy atom. The maximum atomic E-state index is 11.6. The Bertz CT molecular complexity index is 549. The van der Waals surface area contributed by atoms with Crippen LogP contribution in [0.5, 0.6) is 0 Å². The molecule has 0 atom stereocenters. The number of rotatable bonds is 5. The molecule has 0 bridgehead atoms. The first-order valence-corrected chi connectivity index (χ1v) is 6.24. The third-order valence-corrected chi connectivity index (χ3v) is 2.76. The summed E-state index contributed by atoms with van der Waals surface area (Å²) in [7, 11) is 0. The quantitative estimate of drug-likeness (QED) is 0.832. The third kappa shape index (κ3) is 3.34. The van der Waals surface area contributed by atoms with Crippen LogP contribution in [0.3, 0.4) is 0 Å². The Morgan fingerprint density at radius 2 is 2.11 bits per heavy atom. The van der Waals surface area contributed by atoms with Crippen LogP contribution in [0.15, 0.2) is 36.5 Å². The van der Waals surface area contributed by atoms with Crippen LogP contribution in [0.4, 0.5) is 5.82 Å². The summed E-state index contributed by atoms with van der Waals surface area (Å²) in [6.45, 7) is 2.76. The van der Waals surface area contributed by atoms with Crippen molar-refractivity contribution in [3.05, 3.63) is 47.7 Å². The van der Waals surface area contributed by atoms with Gasteiger partial charge in [-0.05, 0) is 18.9 Å². The highest BCUT2D eigenvalue weighted by Gasteiger charge is 2.14. The lowest BCUT2D eigenvalue weighted by atomic mass is 10.1. The molecule has 100 valence electrons. The zero-order valence-electron chi connectivity index (χ0n) is 10.9. The topological polar surface area (TPSA) is 70.1 Å². The van der Waals surface area contributed by atoms with Crippen LogP contribution >= 0.6 is 0 Å². The van der Waals surface area contributed by atoms with Crippen LogP contribution in [0.1, 0.15) is 22.8 Å². The van der Waals surface area contributed by atoms with Crippen LogP contribution < -0.4 is 5.73 Å². The van der Waals surface area contributed by atoms with Gasteiger partial charge in [-0.3, -0.25) is 4.68 Å². The molecule has 0 saturated heterocycles. The van der Waals surface area contributed by atoms with Crippen LogP contribution in [0, 0.1) is 0 Å². The van der Waals surface area contributed by atoms with Crippen molar-refractivity contribution in [1.82, 2.24) is 9.78 Å². The fourth-order valence-electron chi connectivity index (χ4n) is 1.81. The number of nitrogens with two attached hydrogens (primary N) is 1. The molecule has 1 heterocycles. The highest BCUT2D eigenvalue weighted by Crippen LogP contribution is 2.11. The minimum atomic E-state index is -0.425. The molecule has 0 aliphatic carbocycles. The lowest BCUT2D eigenvalue weighted by molar-refractivity contribution is 0.0527. The third-order valence-electron chi connectivity index (χ3n) is 2.76. The van der Waals surface area contributed by atoms with Crippen LogP contribution in [0.25, 0.3) is 0 Å². The van der Waals surface area contributed by atoms with Gasteiger partial charge >= 0.3 is 5.97 Å². The molecule has 5 nitrogen and oxygen atoms in total. The molecule has 1 aromatic heterocycles. The molecule has 0 spiro atoms. The summed E-state index contributed by atoms with van der Waals surface area (Å²) in [5.41, 5.74) is 7.25. The average Bonchev–Trinajstić information content (AvgIpc) is 2.79. The van der Waals surface area contributed by atoms with Gasteiger partial charge in [-0.1, -0.05) is 30.3 Å². The summed E-state index contributed by atoms with van der Waals surface area (Å²) in [4.78, 5) is 11.6. The first-order chi connectivity index (χ1) is 9.20. The van der Waals surface area contributed by atoms with E-state index in [9.17, 15) is 4.79 Å². The second-order valence-electron chi connectivity index (χ2n) is 4.15. The number of carbonyl (C=O) groups excluding carboxylic acids is 1. The van der Waals surface area contributed by atoms with Gasteiger partial charge in [-0.25, -0.2) is 4.79 Å². The van der Waals surface area contributed by atoms with Gasteiger partial charge in [-0.2, -0.15) is 5.10 Å². The average molecular weight is 259 g/mol. The van der Waals surface area contributed by atoms with E-state index in [2.05, 4.69) is 17.2 Å². The monoisotopic (exact) mass is 259 g/mol. The number of carbonyl (C=O) groups is 1. The lowest BCUT2D eigenvalue weighted by Crippen LogP contribution is -2.06. The number of aromatic nitrogens is 2. The van der Waals surface area contributed by atoms with Crippen molar-refractivity contribution in [3.8, 4) is 0 Å². The number of hydrogen-bond acceptors (Lipinski definition) is 4. The summed E-state index contributed by atoms with van der Waals surface area (Å²) in [5.74, 6) is -0.211. The fraction of sp³-hybridized carbons (Fsp3) is 0.286. The molecule has 5 heteroatoms. The predicted molar refractivity (Wildman–Crippen MR) is 72.7 cm³/mol. The standard InChI is InChI=1S/C14H17N3O2/c1-2-19-14(18)12-10-17(16-13(12)15)9-8-11-6-4-3-5-7-11/h3-7,10H,2,8-9H2,1H3,(H2,15,16). The SMILES string of the molecule is CCOC(=O)c1cn(CCc2ccccc2)nc1N. The van der Waals surface area contributed by atoms with Gasteiger partial charge in [0.15, 0.2) is 5.82 Å². The van der Waals surface area contributed by atoms with Crippen LogP contribution in [-0.4, -0.2) is 22.4 Å². The number of nitrogens with zero attached hydrogens (tertiary/aromatic N) is 2. The Hall–Kier alpha value is -2.30. The van der Waals surface area contributed by atoms with Gasteiger partial charge in [0.2, 0.25) is 0 Å². The molecule has 19 heavy (non-hydrogen) atoms. The molecular weight excluding hydrogens is 242 g/mol. The molecular formula is C14H17N3O2. The van der Waals surface area contributed by atoms with Gasteiger partial charge in [0.05, 0.1) is 6.61 Å². The van der Waals surface area contributed by atoms with Crippen LogP contribution in [-0.2, 0) is 17.7 Å². The molecule has 0 aliphatic heterocycles. The minimum Gasteiger partial charge on any atom is -0.462 e. The van der Waals surface area contributed by atoms with Crippen molar-refractivity contribution in [2.24, 2.45) is 0 Å². The fourth-order valence-corrected chi connectivity index (χ4v) is 1.81. The summed E-state index contributed by atoms with van der Waals surface area (Å²) in [6, 6.07) is 10.1. The Labute approximate surface area is 112 Å². The largest absolute Gasteiger partial charge is 0.462 e. The maximum absolute atomic E-state index is 11.6. The van der Waals surface area contributed by atoms with E-state index in [1.807, 2.05) is 18.2 Å². The number of anilines is 1. The summed E-state index contributed by atoms with van der Waals surface area (Å²) < 4.78 is 6.59. The van der Waals surface area contributed by atoms with Gasteiger partial charge in [0.25, 0.3) is 0 Å². The van der Waals surface area contributed by atoms with Crippen molar-refractivity contribution in [1.29, 1.82) is 0 Å². The zero-order valence-corrected chi connectivity index (χ0v) is 10.9. The van der Waals surface area contributed by atoms with Crippen molar-refractivity contribution in [2.75, 3.05) is 12.3 Å². The summed E-state index contributed by atoms with van der Waals surface area (Å²) >= 11 is 0. The number of esters is 1. The van der Waals surface area contributed by atoms with E-state index in [1.54, 1.807) is 17.8 Å². The summed E-state index contributed by atoms with van der Waals surface area (Å²) in [6.07, 6.45) is 2.47. The molecule has 0 aliphatic rings. The van der Waals surface area contributed by atoms with Gasteiger partial charge in [-0.15, -0.1) is 0 Å². The van der Waals surface area contributed by atoms with Crippen molar-refractivity contribution in [2.45, 2.75) is 19.9 Å². The van der Waals surface area contributed by atoms with E-state index in [4.69, 9.17) is 10.5 Å². The van der Waals surface area contributed by atoms with Gasteiger partial charge in [0.1, 0.15) is 5.56 Å². The molecule has 1 aromatic carbocycles. The Kier molecular flexibility index (Phi) is 4.18. The van der Waals surface area contributed by atoms with Crippen molar-refractivity contribution >= 4 is 11.8 Å². The second-order valence-corrected chi connectivity index (χ2v) is 4.15. The van der Waals surface area contributed by atoms with E-state index in [0.29, 0.717) is 18.7 Å². The van der Waals surface area contributed by atoms with E-state index in [0.717, 1.165) is 6.42 Å². The normalized spacial score (nSPS) is 10.4. The Morgan fingerprint density at radius 1 is 1.37 bits per heavy atom. The smallest absolute Gasteiger partial charge is 0.343 e. The number of hydrogen-bond donors (Lipinski definition) is 1. The highest BCUT2D eigenvalue weighted by atomic mass is 16.5. The lowest BCUT2D eigenvalue weighted by Gasteiger charge is -2.01. The zero-order chi connectivity index (χ0) is 13.7. The molecule has 0 fully saturated rings. The first-order valence-electron chi connectivity index (χ1n) is 6.24. The number of benzene rings is 1. The molecule has 0 saturated carbocycles. The first kappa shape index (κ1) is 13.1. The van der Waals surface area contributed by atoms with Crippen molar-refractivity contribution < 1.29 is 9.53 Å². The van der Waals surface area contributed by atoms with E-state index in [-0.39, 0.29) is 5.82 Å². The van der Waals surface area contributed by atoms with Crippen molar-refractivity contribution in [3.63, 3.8) is 0 Å². The molecule has 2 N–H and O–H groups in total. The molecule has 2 aromatic rings. The molecule has 0 unspecified atom stereocenters. The van der Waals surface area contributed by atoms with E-state index >= 15 is 0 Å². The maximum Gasteiger partial charge on any atom is 0.343 e. The molecule has 0 amide bonds. The van der Waals surface area contributed by atoms with Gasteiger partial charge < -0.3 is 10.5 Å².